The first-order valence-corrected chi connectivity index (χ1v) is 6.89. The summed E-state index contributed by atoms with van der Waals surface area (Å²) < 4.78 is 1.93. The summed E-state index contributed by atoms with van der Waals surface area (Å²) in [6.07, 6.45) is 1.38. The Labute approximate surface area is 129 Å². The lowest BCUT2D eigenvalue weighted by atomic mass is 10.1. The number of phenols is 1. The summed E-state index contributed by atoms with van der Waals surface area (Å²) in [6.45, 7) is 3.44. The van der Waals surface area contributed by atoms with Crippen LogP contribution in [0.25, 0.3) is 0 Å². The predicted molar refractivity (Wildman–Crippen MR) is 83.7 cm³/mol. The smallest absolute Gasteiger partial charge is 0.289 e. The van der Waals surface area contributed by atoms with Crippen molar-refractivity contribution in [2.75, 3.05) is 0 Å². The second-order valence-corrected chi connectivity index (χ2v) is 5.44. The van der Waals surface area contributed by atoms with Gasteiger partial charge in [-0.3, -0.25) is 4.79 Å². The van der Waals surface area contributed by atoms with Gasteiger partial charge in [-0.15, -0.1) is 0 Å². The van der Waals surface area contributed by atoms with Gasteiger partial charge in [0.15, 0.2) is 0 Å². The van der Waals surface area contributed by atoms with E-state index in [4.69, 9.17) is 5.26 Å². The molecule has 106 valence electrons. The lowest BCUT2D eigenvalue weighted by Crippen LogP contribution is -2.22. The molecule has 0 amide bonds. The molecule has 0 fully saturated rings. The van der Waals surface area contributed by atoms with Crippen molar-refractivity contribution in [2.24, 2.45) is 5.10 Å². The minimum atomic E-state index is -0.472. The molecule has 1 aromatic heterocycles. The number of hydrogen-bond donors (Lipinski definition) is 1. The van der Waals surface area contributed by atoms with Crippen LogP contribution in [0.5, 0.6) is 5.75 Å². The molecule has 0 aliphatic heterocycles. The van der Waals surface area contributed by atoms with Gasteiger partial charge in [-0.05, 0) is 43.7 Å². The van der Waals surface area contributed by atoms with Crippen LogP contribution in [-0.2, 0) is 0 Å². The minimum absolute atomic E-state index is 0.0558. The third kappa shape index (κ3) is 3.03. The topological polar surface area (TPSA) is 78.4 Å². The summed E-state index contributed by atoms with van der Waals surface area (Å²) in [7, 11) is 0. The molecule has 0 aliphatic carbocycles. The number of pyridine rings is 1. The lowest BCUT2D eigenvalue weighted by molar-refractivity contribution is 0.474. The molecule has 0 atom stereocenters. The summed E-state index contributed by atoms with van der Waals surface area (Å²) in [5, 5.41) is 22.8. The first-order valence-electron chi connectivity index (χ1n) is 6.10. The Morgan fingerprint density at radius 2 is 2.10 bits per heavy atom. The van der Waals surface area contributed by atoms with Crippen LogP contribution in [0.1, 0.15) is 22.4 Å². The Kier molecular flexibility index (Phi) is 4.24. The zero-order valence-corrected chi connectivity index (χ0v) is 13.0. The fraction of sp³-hybridized carbons (Fsp3) is 0.133. The molecular formula is C15H12BrN3O2. The Morgan fingerprint density at radius 3 is 2.76 bits per heavy atom. The average molecular weight is 346 g/mol. The van der Waals surface area contributed by atoms with Gasteiger partial charge in [-0.25, -0.2) is 4.68 Å². The maximum Gasteiger partial charge on any atom is 0.289 e. The van der Waals surface area contributed by atoms with Gasteiger partial charge in [0.2, 0.25) is 0 Å². The number of nitriles is 1. The molecule has 0 aliphatic rings. The molecule has 0 saturated heterocycles. The van der Waals surface area contributed by atoms with Gasteiger partial charge in [0.25, 0.3) is 5.56 Å². The SMILES string of the molecule is Cc1cc(C)n(N=Cc2cc(Br)ccc2O)c(=O)c1C#N. The Morgan fingerprint density at radius 1 is 1.38 bits per heavy atom. The maximum atomic E-state index is 12.2. The Hall–Kier alpha value is -2.39. The van der Waals surface area contributed by atoms with E-state index in [2.05, 4.69) is 21.0 Å². The molecule has 6 heteroatoms. The second-order valence-electron chi connectivity index (χ2n) is 4.52. The molecule has 0 saturated carbocycles. The Bertz CT molecular complexity index is 832. The Balaban J connectivity index is 2.54. The molecule has 1 heterocycles. The van der Waals surface area contributed by atoms with Gasteiger partial charge < -0.3 is 5.11 Å². The molecule has 0 radical (unpaired) electrons. The van der Waals surface area contributed by atoms with E-state index in [9.17, 15) is 9.90 Å². The zero-order chi connectivity index (χ0) is 15.6. The molecule has 1 N–H and O–H groups in total. The second kappa shape index (κ2) is 5.94. The standard InChI is InChI=1S/C15H12BrN3O2/c1-9-5-10(2)19(15(21)13(9)7-17)18-8-11-6-12(16)3-4-14(11)20/h3-6,8,20H,1-2H3. The zero-order valence-electron chi connectivity index (χ0n) is 11.5. The van der Waals surface area contributed by atoms with E-state index in [1.807, 2.05) is 6.07 Å². The van der Waals surface area contributed by atoms with E-state index >= 15 is 0 Å². The van der Waals surface area contributed by atoms with Crippen molar-refractivity contribution >= 4 is 22.1 Å². The number of halogens is 1. The number of phenolic OH excluding ortho intramolecular Hbond substituents is 1. The highest BCUT2D eigenvalue weighted by Crippen LogP contribution is 2.20. The summed E-state index contributed by atoms with van der Waals surface area (Å²) in [6, 6.07) is 8.51. The van der Waals surface area contributed by atoms with Gasteiger partial charge in [-0.1, -0.05) is 15.9 Å². The van der Waals surface area contributed by atoms with E-state index in [0.29, 0.717) is 16.8 Å². The number of nitrogens with zero attached hydrogens (tertiary/aromatic N) is 3. The highest BCUT2D eigenvalue weighted by Gasteiger charge is 2.09. The van der Waals surface area contributed by atoms with E-state index in [-0.39, 0.29) is 11.3 Å². The molecule has 0 spiro atoms. The van der Waals surface area contributed by atoms with Crippen LogP contribution in [-0.4, -0.2) is 16.0 Å². The van der Waals surface area contributed by atoms with E-state index in [0.717, 1.165) is 9.15 Å². The molecule has 21 heavy (non-hydrogen) atoms. The lowest BCUT2D eigenvalue weighted by Gasteiger charge is -2.06. The van der Waals surface area contributed by atoms with Crippen LogP contribution >= 0.6 is 15.9 Å². The van der Waals surface area contributed by atoms with E-state index < -0.39 is 5.56 Å². The third-order valence-corrected chi connectivity index (χ3v) is 3.47. The first-order chi connectivity index (χ1) is 9.93. The van der Waals surface area contributed by atoms with Gasteiger partial charge in [-0.2, -0.15) is 10.4 Å². The van der Waals surface area contributed by atoms with Crippen molar-refractivity contribution in [3.63, 3.8) is 0 Å². The van der Waals surface area contributed by atoms with Gasteiger partial charge in [0.05, 0.1) is 6.21 Å². The number of rotatable bonds is 2. The van der Waals surface area contributed by atoms with Crippen molar-refractivity contribution in [1.82, 2.24) is 4.68 Å². The molecule has 2 aromatic rings. The van der Waals surface area contributed by atoms with Crippen LogP contribution in [0.4, 0.5) is 0 Å². The monoisotopic (exact) mass is 345 g/mol. The number of aryl methyl sites for hydroxylation is 2. The van der Waals surface area contributed by atoms with Gasteiger partial charge >= 0.3 is 0 Å². The summed E-state index contributed by atoms with van der Waals surface area (Å²) in [4.78, 5) is 12.2. The van der Waals surface area contributed by atoms with Crippen molar-refractivity contribution in [1.29, 1.82) is 5.26 Å². The number of hydrogen-bond acceptors (Lipinski definition) is 4. The molecule has 0 unspecified atom stereocenters. The fourth-order valence-electron chi connectivity index (χ4n) is 1.91. The third-order valence-electron chi connectivity index (χ3n) is 2.97. The van der Waals surface area contributed by atoms with Crippen molar-refractivity contribution < 1.29 is 5.11 Å². The van der Waals surface area contributed by atoms with Gasteiger partial charge in [0.1, 0.15) is 17.4 Å². The summed E-state index contributed by atoms with van der Waals surface area (Å²) >= 11 is 3.30. The summed E-state index contributed by atoms with van der Waals surface area (Å²) in [5.41, 5.74) is 1.30. The van der Waals surface area contributed by atoms with E-state index in [1.54, 1.807) is 32.0 Å². The fourth-order valence-corrected chi connectivity index (χ4v) is 2.29. The molecule has 5 nitrogen and oxygen atoms in total. The quantitative estimate of drug-likeness (QED) is 0.850. The van der Waals surface area contributed by atoms with Crippen LogP contribution in [0.3, 0.4) is 0 Å². The first kappa shape index (κ1) is 15.0. The van der Waals surface area contributed by atoms with Crippen molar-refractivity contribution in [3.05, 3.63) is 61.5 Å². The van der Waals surface area contributed by atoms with Crippen LogP contribution < -0.4 is 5.56 Å². The van der Waals surface area contributed by atoms with Crippen LogP contribution in [0, 0.1) is 25.2 Å². The van der Waals surface area contributed by atoms with Crippen molar-refractivity contribution in [2.45, 2.75) is 13.8 Å². The van der Waals surface area contributed by atoms with E-state index in [1.165, 1.54) is 12.3 Å². The molecule has 2 rings (SSSR count). The number of aromatic hydroxyl groups is 1. The van der Waals surface area contributed by atoms with Crippen molar-refractivity contribution in [3.8, 4) is 11.8 Å². The average Bonchev–Trinajstić information content (AvgIpc) is 2.42. The van der Waals surface area contributed by atoms with Gasteiger partial charge in [0, 0.05) is 15.7 Å². The molecule has 1 aromatic carbocycles. The largest absolute Gasteiger partial charge is 0.507 e. The molecular weight excluding hydrogens is 334 g/mol. The summed E-state index contributed by atoms with van der Waals surface area (Å²) in [5.74, 6) is 0.0558. The number of benzene rings is 1. The minimum Gasteiger partial charge on any atom is -0.507 e. The predicted octanol–water partition coefficient (Wildman–Crippen LogP) is 2.69. The van der Waals surface area contributed by atoms with Crippen LogP contribution in [0.15, 0.2) is 38.6 Å². The number of aromatic nitrogens is 1. The molecule has 0 bridgehead atoms. The maximum absolute atomic E-state index is 12.2. The van der Waals surface area contributed by atoms with Crippen LogP contribution in [0.2, 0.25) is 0 Å². The highest BCUT2D eigenvalue weighted by molar-refractivity contribution is 9.10. The highest BCUT2D eigenvalue weighted by atomic mass is 79.9. The normalized spacial score (nSPS) is 10.8.